The van der Waals surface area contributed by atoms with Gasteiger partial charge in [-0.2, -0.15) is 5.10 Å². The lowest BCUT2D eigenvalue weighted by molar-refractivity contribution is 0.0590. The maximum atomic E-state index is 12.1. The molecule has 3 rings (SSSR count). The fourth-order valence-electron chi connectivity index (χ4n) is 2.14. The van der Waals surface area contributed by atoms with Crippen LogP contribution in [-0.2, 0) is 4.74 Å². The van der Waals surface area contributed by atoms with E-state index in [1.807, 2.05) is 6.07 Å². The van der Waals surface area contributed by atoms with Crippen LogP contribution >= 0.6 is 23.2 Å². The van der Waals surface area contributed by atoms with Crippen molar-refractivity contribution in [3.05, 3.63) is 64.5 Å². The van der Waals surface area contributed by atoms with Crippen molar-refractivity contribution in [1.82, 2.24) is 14.8 Å². The summed E-state index contributed by atoms with van der Waals surface area (Å²) in [6, 6.07) is 12.2. The number of para-hydroxylation sites is 1. The number of halogens is 2. The molecular formula is C16H11Cl2N3O2. The van der Waals surface area contributed by atoms with Gasteiger partial charge in [-0.15, -0.1) is 0 Å². The average Bonchev–Trinajstić information content (AvgIpc) is 2.99. The smallest absolute Gasteiger partial charge is 0.356 e. The second-order valence-corrected chi connectivity index (χ2v) is 5.43. The maximum absolute atomic E-state index is 12.1. The molecule has 3 aromatic rings. The summed E-state index contributed by atoms with van der Waals surface area (Å²) in [6.07, 6.45) is 1.57. The molecule has 0 spiro atoms. The van der Waals surface area contributed by atoms with Crippen LogP contribution in [0.15, 0.2) is 48.7 Å². The first-order valence-corrected chi connectivity index (χ1v) is 7.41. The number of pyridine rings is 1. The summed E-state index contributed by atoms with van der Waals surface area (Å²) >= 11 is 12.1. The van der Waals surface area contributed by atoms with Crippen LogP contribution in [0.5, 0.6) is 0 Å². The van der Waals surface area contributed by atoms with E-state index in [-0.39, 0.29) is 5.69 Å². The number of carbonyl (C=O) groups is 1. The highest BCUT2D eigenvalue weighted by Gasteiger charge is 2.19. The van der Waals surface area contributed by atoms with Gasteiger partial charge in [0.2, 0.25) is 0 Å². The molecule has 0 aliphatic rings. The SMILES string of the molecule is COC(=O)c1cc(-c2ccnc(Cl)c2)nn1-c1ccccc1Cl. The van der Waals surface area contributed by atoms with E-state index >= 15 is 0 Å². The first-order valence-electron chi connectivity index (χ1n) is 6.65. The number of esters is 1. The normalized spacial score (nSPS) is 10.6. The summed E-state index contributed by atoms with van der Waals surface area (Å²) in [4.78, 5) is 16.0. The van der Waals surface area contributed by atoms with Crippen LogP contribution in [-0.4, -0.2) is 27.8 Å². The van der Waals surface area contributed by atoms with Crippen molar-refractivity contribution in [2.24, 2.45) is 0 Å². The largest absolute Gasteiger partial charge is 0.464 e. The number of hydrogen-bond acceptors (Lipinski definition) is 4. The fourth-order valence-corrected chi connectivity index (χ4v) is 2.53. The second kappa shape index (κ2) is 6.40. The second-order valence-electron chi connectivity index (χ2n) is 4.64. The summed E-state index contributed by atoms with van der Waals surface area (Å²) in [5.41, 5.74) is 2.15. The molecule has 116 valence electrons. The lowest BCUT2D eigenvalue weighted by atomic mass is 10.2. The minimum absolute atomic E-state index is 0.267. The minimum atomic E-state index is -0.510. The van der Waals surface area contributed by atoms with E-state index in [0.717, 1.165) is 5.56 Å². The van der Waals surface area contributed by atoms with Gasteiger partial charge in [0, 0.05) is 11.8 Å². The van der Waals surface area contributed by atoms with E-state index in [0.29, 0.717) is 21.6 Å². The molecule has 0 fully saturated rings. The summed E-state index contributed by atoms with van der Waals surface area (Å²) in [6.45, 7) is 0. The molecule has 0 saturated carbocycles. The molecular weight excluding hydrogens is 337 g/mol. The van der Waals surface area contributed by atoms with Crippen molar-refractivity contribution in [3.63, 3.8) is 0 Å². The van der Waals surface area contributed by atoms with Gasteiger partial charge in [0.1, 0.15) is 5.15 Å². The molecule has 2 aromatic heterocycles. The monoisotopic (exact) mass is 347 g/mol. The Morgan fingerprint density at radius 2 is 1.96 bits per heavy atom. The molecule has 0 N–H and O–H groups in total. The molecule has 2 heterocycles. The molecule has 0 aliphatic carbocycles. The average molecular weight is 348 g/mol. The number of ether oxygens (including phenoxy) is 1. The molecule has 0 radical (unpaired) electrons. The minimum Gasteiger partial charge on any atom is -0.464 e. The molecule has 0 amide bonds. The molecule has 0 unspecified atom stereocenters. The Morgan fingerprint density at radius 3 is 2.65 bits per heavy atom. The Morgan fingerprint density at radius 1 is 1.17 bits per heavy atom. The summed E-state index contributed by atoms with van der Waals surface area (Å²) in [7, 11) is 1.31. The Kier molecular flexibility index (Phi) is 4.32. The van der Waals surface area contributed by atoms with E-state index < -0.39 is 5.97 Å². The van der Waals surface area contributed by atoms with E-state index in [2.05, 4.69) is 10.1 Å². The van der Waals surface area contributed by atoms with Crippen molar-refractivity contribution >= 4 is 29.2 Å². The van der Waals surface area contributed by atoms with Crippen molar-refractivity contribution in [3.8, 4) is 16.9 Å². The predicted octanol–water partition coefficient (Wildman–Crippen LogP) is 4.03. The van der Waals surface area contributed by atoms with Crippen molar-refractivity contribution < 1.29 is 9.53 Å². The lowest BCUT2D eigenvalue weighted by Crippen LogP contribution is -2.10. The number of carbonyl (C=O) groups excluding carboxylic acids is 1. The van der Waals surface area contributed by atoms with Crippen LogP contribution in [0.3, 0.4) is 0 Å². The van der Waals surface area contributed by atoms with Gasteiger partial charge in [-0.1, -0.05) is 35.3 Å². The molecule has 0 bridgehead atoms. The zero-order chi connectivity index (χ0) is 16.4. The first-order chi connectivity index (χ1) is 11.1. The third kappa shape index (κ3) is 3.06. The van der Waals surface area contributed by atoms with Gasteiger partial charge in [0.25, 0.3) is 0 Å². The Hall–Kier alpha value is -2.37. The lowest BCUT2D eigenvalue weighted by Gasteiger charge is -2.07. The Balaban J connectivity index is 2.19. The zero-order valence-electron chi connectivity index (χ0n) is 12.0. The molecule has 0 saturated heterocycles. The van der Waals surface area contributed by atoms with Gasteiger partial charge in [-0.3, -0.25) is 0 Å². The van der Waals surface area contributed by atoms with Crippen LogP contribution in [0.25, 0.3) is 16.9 Å². The van der Waals surface area contributed by atoms with Crippen LogP contribution in [0.2, 0.25) is 10.2 Å². The number of rotatable bonds is 3. The maximum Gasteiger partial charge on any atom is 0.356 e. The van der Waals surface area contributed by atoms with Gasteiger partial charge < -0.3 is 4.74 Å². The van der Waals surface area contributed by atoms with E-state index in [1.165, 1.54) is 11.8 Å². The molecule has 5 nitrogen and oxygen atoms in total. The Bertz CT molecular complexity index is 877. The van der Waals surface area contributed by atoms with Crippen LogP contribution in [0.1, 0.15) is 10.5 Å². The van der Waals surface area contributed by atoms with Gasteiger partial charge in [-0.25, -0.2) is 14.5 Å². The van der Waals surface area contributed by atoms with Gasteiger partial charge in [0.05, 0.1) is 23.5 Å². The van der Waals surface area contributed by atoms with E-state index in [4.69, 9.17) is 27.9 Å². The quantitative estimate of drug-likeness (QED) is 0.530. The zero-order valence-corrected chi connectivity index (χ0v) is 13.5. The van der Waals surface area contributed by atoms with E-state index in [1.54, 1.807) is 42.6 Å². The number of nitrogens with zero attached hydrogens (tertiary/aromatic N) is 3. The van der Waals surface area contributed by atoms with Crippen LogP contribution in [0.4, 0.5) is 0 Å². The van der Waals surface area contributed by atoms with Crippen LogP contribution < -0.4 is 0 Å². The third-order valence-electron chi connectivity index (χ3n) is 3.21. The fraction of sp³-hybridized carbons (Fsp3) is 0.0625. The molecule has 1 aromatic carbocycles. The highest BCUT2D eigenvalue weighted by atomic mass is 35.5. The van der Waals surface area contributed by atoms with Gasteiger partial charge >= 0.3 is 5.97 Å². The number of hydrogen-bond donors (Lipinski definition) is 0. The molecule has 0 atom stereocenters. The van der Waals surface area contributed by atoms with Crippen LogP contribution in [0, 0.1) is 0 Å². The first kappa shape index (κ1) is 15.5. The summed E-state index contributed by atoms with van der Waals surface area (Å²) < 4.78 is 6.29. The predicted molar refractivity (Wildman–Crippen MR) is 88.2 cm³/mol. The topological polar surface area (TPSA) is 57.0 Å². The van der Waals surface area contributed by atoms with Crippen molar-refractivity contribution in [2.45, 2.75) is 0 Å². The number of methoxy groups -OCH3 is 1. The van der Waals surface area contributed by atoms with Crippen molar-refractivity contribution in [2.75, 3.05) is 7.11 Å². The van der Waals surface area contributed by atoms with Gasteiger partial charge in [0.15, 0.2) is 5.69 Å². The summed E-state index contributed by atoms with van der Waals surface area (Å²) in [5.74, 6) is -0.510. The molecule has 7 heteroatoms. The molecule has 0 aliphatic heterocycles. The highest BCUT2D eigenvalue weighted by Crippen LogP contribution is 2.26. The van der Waals surface area contributed by atoms with E-state index in [9.17, 15) is 4.79 Å². The molecule has 23 heavy (non-hydrogen) atoms. The standard InChI is InChI=1S/C16H11Cl2N3O2/c1-23-16(22)14-9-12(10-6-7-19-15(18)8-10)20-21(14)13-5-3-2-4-11(13)17/h2-9H,1H3. The Labute approximate surface area is 142 Å². The summed E-state index contributed by atoms with van der Waals surface area (Å²) in [5, 5.41) is 5.28. The van der Waals surface area contributed by atoms with Gasteiger partial charge in [-0.05, 0) is 30.3 Å². The number of aromatic nitrogens is 3. The number of benzene rings is 1. The third-order valence-corrected chi connectivity index (χ3v) is 3.73. The van der Waals surface area contributed by atoms with Crippen molar-refractivity contribution in [1.29, 1.82) is 0 Å². The highest BCUT2D eigenvalue weighted by molar-refractivity contribution is 6.32.